The normalized spacial score (nSPS) is 13.2. The summed E-state index contributed by atoms with van der Waals surface area (Å²) in [6.07, 6.45) is 1.51. The van der Waals surface area contributed by atoms with Crippen LogP contribution in [0.4, 0.5) is 4.79 Å². The lowest BCUT2D eigenvalue weighted by Crippen LogP contribution is -2.34. The zero-order valence-electron chi connectivity index (χ0n) is 12.9. The first kappa shape index (κ1) is 15.8. The van der Waals surface area contributed by atoms with E-state index in [0.717, 1.165) is 21.2 Å². The second-order valence-corrected chi connectivity index (χ2v) is 6.91. The number of pyridine rings is 1. The van der Waals surface area contributed by atoms with Gasteiger partial charge in [-0.3, -0.25) is 0 Å². The Morgan fingerprint density at radius 1 is 1.48 bits per heavy atom. The zero-order chi connectivity index (χ0) is 15.8. The van der Waals surface area contributed by atoms with E-state index in [1.54, 1.807) is 0 Å². The maximum absolute atomic E-state index is 11.8. The topological polar surface area (TPSA) is 56.1 Å². The van der Waals surface area contributed by atoms with Crippen molar-refractivity contribution in [2.24, 2.45) is 7.05 Å². The fourth-order valence-electron chi connectivity index (χ4n) is 2.03. The summed E-state index contributed by atoms with van der Waals surface area (Å²) in [6, 6.07) is 3.70. The van der Waals surface area contributed by atoms with Gasteiger partial charge >= 0.3 is 6.09 Å². The minimum atomic E-state index is -0.516. The molecule has 1 amide bonds. The van der Waals surface area contributed by atoms with Crippen LogP contribution < -0.4 is 5.32 Å². The highest BCUT2D eigenvalue weighted by atomic mass is 79.9. The summed E-state index contributed by atoms with van der Waals surface area (Å²) in [5.74, 6) is 0. The molecular weight excluding hydrogens is 334 g/mol. The number of carbonyl (C=O) groups excluding carboxylic acids is 1. The third-order valence-corrected chi connectivity index (χ3v) is 3.63. The number of hydrogen-bond donors (Lipinski definition) is 1. The minimum absolute atomic E-state index is 0.251. The Bertz CT molecular complexity index is 673. The SMILES string of the molecule is CC(NC(=O)OC(C)(C)C)c1nc2ccn(C)c2cc1Br. The summed E-state index contributed by atoms with van der Waals surface area (Å²) >= 11 is 3.52. The number of ether oxygens (including phenoxy) is 1. The number of aromatic nitrogens is 2. The van der Waals surface area contributed by atoms with Gasteiger partial charge in [0.2, 0.25) is 0 Å². The molecule has 0 aliphatic rings. The predicted octanol–water partition coefficient (Wildman–Crippen LogP) is 3.92. The lowest BCUT2D eigenvalue weighted by atomic mass is 10.2. The second kappa shape index (κ2) is 5.67. The van der Waals surface area contributed by atoms with Crippen LogP contribution in [-0.4, -0.2) is 21.2 Å². The largest absolute Gasteiger partial charge is 0.444 e. The van der Waals surface area contributed by atoms with Gasteiger partial charge in [-0.2, -0.15) is 0 Å². The molecule has 2 heterocycles. The van der Waals surface area contributed by atoms with Crippen molar-refractivity contribution in [3.8, 4) is 0 Å². The zero-order valence-corrected chi connectivity index (χ0v) is 14.5. The molecule has 114 valence electrons. The summed E-state index contributed by atoms with van der Waals surface area (Å²) in [7, 11) is 1.97. The van der Waals surface area contributed by atoms with E-state index in [-0.39, 0.29) is 6.04 Å². The van der Waals surface area contributed by atoms with Gasteiger partial charge in [-0.15, -0.1) is 0 Å². The van der Waals surface area contributed by atoms with Gasteiger partial charge in [0, 0.05) is 17.7 Å². The van der Waals surface area contributed by atoms with Gasteiger partial charge in [-0.1, -0.05) is 0 Å². The highest BCUT2D eigenvalue weighted by molar-refractivity contribution is 9.10. The number of nitrogens with one attached hydrogen (secondary N) is 1. The first-order valence-corrected chi connectivity index (χ1v) is 7.57. The molecule has 0 aliphatic carbocycles. The van der Waals surface area contributed by atoms with Crippen LogP contribution in [0.3, 0.4) is 0 Å². The fraction of sp³-hybridized carbons (Fsp3) is 0.467. The van der Waals surface area contributed by atoms with Crippen LogP contribution in [0.5, 0.6) is 0 Å². The van der Waals surface area contributed by atoms with Gasteiger partial charge in [0.25, 0.3) is 0 Å². The van der Waals surface area contributed by atoms with Crippen LogP contribution in [0.2, 0.25) is 0 Å². The molecule has 5 nitrogen and oxygen atoms in total. The quantitative estimate of drug-likeness (QED) is 0.889. The maximum Gasteiger partial charge on any atom is 0.408 e. The Labute approximate surface area is 132 Å². The van der Waals surface area contributed by atoms with Crippen molar-refractivity contribution >= 4 is 33.1 Å². The summed E-state index contributed by atoms with van der Waals surface area (Å²) in [4.78, 5) is 16.4. The van der Waals surface area contributed by atoms with E-state index < -0.39 is 11.7 Å². The van der Waals surface area contributed by atoms with E-state index >= 15 is 0 Å². The number of nitrogens with zero attached hydrogens (tertiary/aromatic N) is 2. The Morgan fingerprint density at radius 3 is 2.76 bits per heavy atom. The Morgan fingerprint density at radius 2 is 2.14 bits per heavy atom. The summed E-state index contributed by atoms with van der Waals surface area (Å²) in [5.41, 5.74) is 2.20. The third-order valence-electron chi connectivity index (χ3n) is 2.99. The van der Waals surface area contributed by atoms with Gasteiger partial charge in [0.05, 0.1) is 22.8 Å². The maximum atomic E-state index is 11.8. The average Bonchev–Trinajstić information content (AvgIpc) is 2.67. The van der Waals surface area contributed by atoms with Gasteiger partial charge in [-0.05, 0) is 55.8 Å². The highest BCUT2D eigenvalue weighted by Crippen LogP contribution is 2.26. The number of aryl methyl sites for hydroxylation is 1. The van der Waals surface area contributed by atoms with E-state index in [9.17, 15) is 4.79 Å². The molecule has 0 radical (unpaired) electrons. The van der Waals surface area contributed by atoms with E-state index in [4.69, 9.17) is 4.74 Å². The standard InChI is InChI=1S/C15H20BrN3O2/c1-9(17-14(20)21-15(2,3)4)13-10(16)8-12-11(18-13)6-7-19(12)5/h6-9H,1-5H3,(H,17,20). The number of alkyl carbamates (subject to hydrolysis) is 1. The van der Waals surface area contributed by atoms with Crippen LogP contribution in [0, 0.1) is 0 Å². The predicted molar refractivity (Wildman–Crippen MR) is 86.2 cm³/mol. The molecule has 1 N–H and O–H groups in total. The average molecular weight is 354 g/mol. The van der Waals surface area contributed by atoms with Gasteiger partial charge in [0.15, 0.2) is 0 Å². The molecule has 0 saturated heterocycles. The molecular formula is C15H20BrN3O2. The molecule has 2 rings (SSSR count). The molecule has 0 saturated carbocycles. The number of rotatable bonds is 2. The molecule has 1 atom stereocenters. The van der Waals surface area contributed by atoms with E-state index in [1.807, 2.05) is 57.6 Å². The van der Waals surface area contributed by atoms with Crippen molar-refractivity contribution in [3.05, 3.63) is 28.5 Å². The number of hydrogen-bond acceptors (Lipinski definition) is 3. The molecule has 2 aromatic heterocycles. The second-order valence-electron chi connectivity index (χ2n) is 6.05. The monoisotopic (exact) mass is 353 g/mol. The molecule has 0 fully saturated rings. The number of carbonyl (C=O) groups is 1. The molecule has 0 aromatic carbocycles. The number of fused-ring (bicyclic) bond motifs is 1. The van der Waals surface area contributed by atoms with E-state index in [0.29, 0.717) is 0 Å². The smallest absolute Gasteiger partial charge is 0.408 e. The lowest BCUT2D eigenvalue weighted by Gasteiger charge is -2.22. The van der Waals surface area contributed by atoms with E-state index in [2.05, 4.69) is 26.2 Å². The van der Waals surface area contributed by atoms with Gasteiger partial charge in [-0.25, -0.2) is 9.78 Å². The first-order chi connectivity index (χ1) is 9.67. The van der Waals surface area contributed by atoms with Crippen molar-refractivity contribution in [2.45, 2.75) is 39.3 Å². The Kier molecular flexibility index (Phi) is 4.27. The fourth-order valence-corrected chi connectivity index (χ4v) is 2.68. The molecule has 0 bridgehead atoms. The lowest BCUT2D eigenvalue weighted by molar-refractivity contribution is 0.0507. The van der Waals surface area contributed by atoms with Crippen LogP contribution in [0.15, 0.2) is 22.8 Å². The van der Waals surface area contributed by atoms with Crippen LogP contribution >= 0.6 is 15.9 Å². The van der Waals surface area contributed by atoms with Gasteiger partial charge in [0.1, 0.15) is 5.60 Å². The Balaban J connectivity index is 2.21. The molecule has 21 heavy (non-hydrogen) atoms. The van der Waals surface area contributed by atoms with E-state index in [1.165, 1.54) is 0 Å². The molecule has 2 aromatic rings. The molecule has 6 heteroatoms. The van der Waals surface area contributed by atoms with Crippen LogP contribution in [0.25, 0.3) is 11.0 Å². The van der Waals surface area contributed by atoms with Crippen molar-refractivity contribution in [2.75, 3.05) is 0 Å². The minimum Gasteiger partial charge on any atom is -0.444 e. The summed E-state index contributed by atoms with van der Waals surface area (Å²) in [5, 5.41) is 2.80. The van der Waals surface area contributed by atoms with Crippen molar-refractivity contribution in [1.82, 2.24) is 14.9 Å². The van der Waals surface area contributed by atoms with Crippen molar-refractivity contribution in [3.63, 3.8) is 0 Å². The number of halogens is 1. The van der Waals surface area contributed by atoms with Gasteiger partial charge < -0.3 is 14.6 Å². The molecule has 1 unspecified atom stereocenters. The first-order valence-electron chi connectivity index (χ1n) is 6.78. The Hall–Kier alpha value is -1.56. The highest BCUT2D eigenvalue weighted by Gasteiger charge is 2.20. The number of amides is 1. The summed E-state index contributed by atoms with van der Waals surface area (Å²) < 4.78 is 8.13. The third kappa shape index (κ3) is 3.75. The van der Waals surface area contributed by atoms with Crippen molar-refractivity contribution < 1.29 is 9.53 Å². The molecule has 0 aliphatic heterocycles. The van der Waals surface area contributed by atoms with Crippen LogP contribution in [-0.2, 0) is 11.8 Å². The van der Waals surface area contributed by atoms with Crippen molar-refractivity contribution in [1.29, 1.82) is 0 Å². The van der Waals surface area contributed by atoms with Crippen LogP contribution in [0.1, 0.15) is 39.4 Å². The summed E-state index contributed by atoms with van der Waals surface area (Å²) in [6.45, 7) is 7.39. The molecule has 0 spiro atoms.